The molecule has 2 heterocycles. The molecule has 0 aliphatic rings. The average molecular weight is 453 g/mol. The zero-order chi connectivity index (χ0) is 24.0. The van der Waals surface area contributed by atoms with Crippen LogP contribution in [0, 0.1) is 13.8 Å². The molecule has 0 saturated heterocycles. The van der Waals surface area contributed by atoms with Crippen molar-refractivity contribution in [1.29, 1.82) is 0 Å². The molecular weight excluding hydrogens is 424 g/mol. The number of nitrogens with zero attached hydrogens (tertiary/aromatic N) is 1. The lowest BCUT2D eigenvalue weighted by Crippen LogP contribution is -2.17. The summed E-state index contributed by atoms with van der Waals surface area (Å²) >= 11 is 0. The van der Waals surface area contributed by atoms with E-state index in [-0.39, 0.29) is 11.7 Å². The molecule has 1 N–H and O–H groups in total. The Hall–Kier alpha value is -3.99. The van der Waals surface area contributed by atoms with E-state index in [4.69, 9.17) is 9.15 Å². The largest absolute Gasteiger partial charge is 0.491 e. The van der Waals surface area contributed by atoms with E-state index in [9.17, 15) is 4.79 Å². The minimum atomic E-state index is -0.101. The quantitative estimate of drug-likeness (QED) is 0.309. The van der Waals surface area contributed by atoms with Gasteiger partial charge >= 0.3 is 0 Å². The van der Waals surface area contributed by atoms with E-state index in [1.807, 2.05) is 68.4 Å². The molecule has 172 valence electrons. The Bertz CT molecular complexity index is 1590. The maximum absolute atomic E-state index is 13.6. The lowest BCUT2D eigenvalue weighted by atomic mass is 10.0. The number of pyridine rings is 1. The van der Waals surface area contributed by atoms with Gasteiger partial charge in [0.2, 0.25) is 5.88 Å². The van der Waals surface area contributed by atoms with Crippen LogP contribution in [0.2, 0.25) is 0 Å². The summed E-state index contributed by atoms with van der Waals surface area (Å²) in [6.07, 6.45) is 0.0426. The van der Waals surface area contributed by atoms with Crippen molar-refractivity contribution in [2.75, 3.05) is 5.32 Å². The lowest BCUT2D eigenvalue weighted by Gasteiger charge is -2.13. The molecule has 5 nitrogen and oxygen atoms in total. The lowest BCUT2D eigenvalue weighted by molar-refractivity contribution is 0.242. The highest BCUT2D eigenvalue weighted by Gasteiger charge is 2.23. The number of furan rings is 1. The van der Waals surface area contributed by atoms with Gasteiger partial charge in [0.15, 0.2) is 5.58 Å². The Labute approximate surface area is 198 Å². The summed E-state index contributed by atoms with van der Waals surface area (Å²) in [6.45, 7) is 8.12. The van der Waals surface area contributed by atoms with Crippen LogP contribution in [0.15, 0.2) is 75.9 Å². The Kier molecular flexibility index (Phi) is 5.40. The number of aromatic nitrogens is 1. The molecule has 0 radical (unpaired) electrons. The van der Waals surface area contributed by atoms with Crippen molar-refractivity contribution in [1.82, 2.24) is 4.57 Å². The van der Waals surface area contributed by atoms with Gasteiger partial charge in [0.1, 0.15) is 5.75 Å². The maximum Gasteiger partial charge on any atom is 0.262 e. The third-order valence-corrected chi connectivity index (χ3v) is 6.06. The molecule has 0 aliphatic heterocycles. The van der Waals surface area contributed by atoms with E-state index in [1.165, 1.54) is 5.56 Å². The number of benzene rings is 3. The summed E-state index contributed by atoms with van der Waals surface area (Å²) < 4.78 is 14.1. The number of nitrogens with one attached hydrogen (secondary N) is 1. The topological polar surface area (TPSA) is 56.4 Å². The molecule has 0 unspecified atom stereocenters. The molecule has 0 fully saturated rings. The predicted molar refractivity (Wildman–Crippen MR) is 139 cm³/mol. The number of anilines is 2. The molecule has 5 rings (SSSR count). The predicted octanol–water partition coefficient (Wildman–Crippen LogP) is 7.10. The van der Waals surface area contributed by atoms with Crippen molar-refractivity contribution in [3.05, 3.63) is 88.2 Å². The Morgan fingerprint density at radius 2 is 1.76 bits per heavy atom. The number of hydrogen-bond donors (Lipinski definition) is 1. The molecule has 5 heteroatoms. The summed E-state index contributed by atoms with van der Waals surface area (Å²) in [6, 6.07) is 21.9. The Morgan fingerprint density at radius 3 is 2.53 bits per heavy atom. The average Bonchev–Trinajstić information content (AvgIpc) is 3.18. The number of aryl methyl sites for hydroxylation is 3. The Morgan fingerprint density at radius 1 is 0.971 bits per heavy atom. The van der Waals surface area contributed by atoms with Crippen LogP contribution in [0.3, 0.4) is 0 Å². The fraction of sp³-hybridized carbons (Fsp3) is 0.207. The minimum absolute atomic E-state index is 0.0426. The van der Waals surface area contributed by atoms with Crippen LogP contribution in [0.4, 0.5) is 11.6 Å². The normalized spacial score (nSPS) is 11.5. The van der Waals surface area contributed by atoms with E-state index >= 15 is 0 Å². The molecule has 5 aromatic rings. The van der Waals surface area contributed by atoms with Gasteiger partial charge < -0.3 is 19.0 Å². The van der Waals surface area contributed by atoms with Gasteiger partial charge in [0.25, 0.3) is 5.56 Å². The highest BCUT2D eigenvalue weighted by atomic mass is 16.5. The van der Waals surface area contributed by atoms with Crippen LogP contribution in [0.25, 0.3) is 33.0 Å². The SMILES string of the molecule is Cc1ccc(Nc2oc3c(c2-c2cccc(OC(C)C)c2)c(=O)n(C)c2ccccc32)c(C)c1. The molecule has 0 amide bonds. The van der Waals surface area contributed by atoms with Gasteiger partial charge in [-0.2, -0.15) is 0 Å². The van der Waals surface area contributed by atoms with Gasteiger partial charge in [-0.15, -0.1) is 0 Å². The number of fused-ring (bicyclic) bond motifs is 3. The second kappa shape index (κ2) is 8.41. The van der Waals surface area contributed by atoms with E-state index in [1.54, 1.807) is 11.6 Å². The van der Waals surface area contributed by atoms with E-state index in [2.05, 4.69) is 31.3 Å². The fourth-order valence-corrected chi connectivity index (χ4v) is 4.50. The highest BCUT2D eigenvalue weighted by Crippen LogP contribution is 2.42. The number of rotatable bonds is 5. The third kappa shape index (κ3) is 3.73. The first-order chi connectivity index (χ1) is 16.3. The second-order valence-electron chi connectivity index (χ2n) is 9.03. The first kappa shape index (κ1) is 21.8. The van der Waals surface area contributed by atoms with E-state index in [0.717, 1.165) is 39.0 Å². The molecular formula is C29H28N2O3. The van der Waals surface area contributed by atoms with E-state index in [0.29, 0.717) is 16.9 Å². The second-order valence-corrected chi connectivity index (χ2v) is 9.03. The van der Waals surface area contributed by atoms with Crippen LogP contribution in [0.5, 0.6) is 5.75 Å². The molecule has 0 bridgehead atoms. The van der Waals surface area contributed by atoms with Crippen LogP contribution >= 0.6 is 0 Å². The molecule has 3 aromatic carbocycles. The minimum Gasteiger partial charge on any atom is -0.491 e. The van der Waals surface area contributed by atoms with Crippen molar-refractivity contribution >= 4 is 33.4 Å². The Balaban J connectivity index is 1.83. The van der Waals surface area contributed by atoms with Gasteiger partial charge in [-0.05, 0) is 69.2 Å². The smallest absolute Gasteiger partial charge is 0.262 e. The third-order valence-electron chi connectivity index (χ3n) is 6.06. The number of ether oxygens (including phenoxy) is 1. The van der Waals surface area contributed by atoms with Gasteiger partial charge in [0, 0.05) is 18.1 Å². The van der Waals surface area contributed by atoms with Crippen molar-refractivity contribution in [3.8, 4) is 16.9 Å². The molecule has 0 aliphatic carbocycles. The maximum atomic E-state index is 13.6. The first-order valence-corrected chi connectivity index (χ1v) is 11.5. The van der Waals surface area contributed by atoms with Crippen molar-refractivity contribution in [3.63, 3.8) is 0 Å². The molecule has 2 aromatic heterocycles. The molecule has 0 atom stereocenters. The number of hydrogen-bond acceptors (Lipinski definition) is 4. The summed E-state index contributed by atoms with van der Waals surface area (Å²) in [5, 5.41) is 4.92. The van der Waals surface area contributed by atoms with Gasteiger partial charge in [-0.3, -0.25) is 4.79 Å². The van der Waals surface area contributed by atoms with Gasteiger partial charge in [0.05, 0.1) is 22.6 Å². The van der Waals surface area contributed by atoms with Crippen molar-refractivity contribution in [2.45, 2.75) is 33.8 Å². The molecule has 0 saturated carbocycles. The summed E-state index contributed by atoms with van der Waals surface area (Å²) in [7, 11) is 1.80. The molecule has 0 spiro atoms. The fourth-order valence-electron chi connectivity index (χ4n) is 4.50. The summed E-state index contributed by atoms with van der Waals surface area (Å²) in [4.78, 5) is 13.6. The van der Waals surface area contributed by atoms with Crippen molar-refractivity contribution in [2.24, 2.45) is 7.05 Å². The van der Waals surface area contributed by atoms with Crippen molar-refractivity contribution < 1.29 is 9.15 Å². The first-order valence-electron chi connectivity index (χ1n) is 11.5. The van der Waals surface area contributed by atoms with Crippen LogP contribution in [-0.2, 0) is 7.05 Å². The monoisotopic (exact) mass is 452 g/mol. The highest BCUT2D eigenvalue weighted by molar-refractivity contribution is 6.11. The van der Waals surface area contributed by atoms with Gasteiger partial charge in [-0.1, -0.05) is 42.0 Å². The molecule has 34 heavy (non-hydrogen) atoms. The zero-order valence-corrected chi connectivity index (χ0v) is 20.1. The summed E-state index contributed by atoms with van der Waals surface area (Å²) in [5.41, 5.74) is 6.11. The van der Waals surface area contributed by atoms with E-state index < -0.39 is 0 Å². The summed E-state index contributed by atoms with van der Waals surface area (Å²) in [5.74, 6) is 1.29. The standard InChI is InChI=1S/C29H28N2O3/c1-17(2)33-21-10-8-9-20(16-21)25-26-27(22-11-6-7-12-24(22)31(5)29(26)32)34-28(25)30-23-14-13-18(3)15-19(23)4/h6-17,30H,1-5H3. The zero-order valence-electron chi connectivity index (χ0n) is 20.1. The van der Waals surface area contributed by atoms with Gasteiger partial charge in [-0.25, -0.2) is 0 Å². The van der Waals surface area contributed by atoms with Crippen LogP contribution in [0.1, 0.15) is 25.0 Å². The van der Waals surface area contributed by atoms with Crippen LogP contribution < -0.4 is 15.6 Å². The van der Waals surface area contributed by atoms with Crippen LogP contribution in [-0.4, -0.2) is 10.7 Å². The number of para-hydroxylation sites is 1.